The van der Waals surface area contributed by atoms with Gasteiger partial charge in [0.25, 0.3) is 5.91 Å². The van der Waals surface area contributed by atoms with Gasteiger partial charge in [-0.05, 0) is 31.2 Å². The maximum Gasteiger partial charge on any atom is 0.325 e. The SMILES string of the molecule is CC(=O)N(C(=O)/C(C#N)=C\NC(C)C(=O)O)c1ccc(N)cc1. The second-order valence-electron chi connectivity index (χ2n) is 4.65. The van der Waals surface area contributed by atoms with Gasteiger partial charge in [-0.3, -0.25) is 14.4 Å². The summed E-state index contributed by atoms with van der Waals surface area (Å²) in [6, 6.07) is 6.62. The van der Waals surface area contributed by atoms with Crippen molar-refractivity contribution in [2.75, 3.05) is 10.6 Å². The maximum absolute atomic E-state index is 12.4. The highest BCUT2D eigenvalue weighted by Crippen LogP contribution is 2.18. The molecule has 1 aromatic rings. The molecular formula is C15H16N4O4. The van der Waals surface area contributed by atoms with Crippen LogP contribution in [0, 0.1) is 11.3 Å². The average molecular weight is 316 g/mol. The van der Waals surface area contributed by atoms with Crippen LogP contribution in [0.4, 0.5) is 11.4 Å². The van der Waals surface area contributed by atoms with E-state index in [2.05, 4.69) is 5.32 Å². The van der Waals surface area contributed by atoms with Gasteiger partial charge in [0, 0.05) is 18.8 Å². The Morgan fingerprint density at radius 3 is 2.35 bits per heavy atom. The molecule has 0 aromatic heterocycles. The summed E-state index contributed by atoms with van der Waals surface area (Å²) in [4.78, 5) is 35.7. The molecule has 0 aliphatic heterocycles. The second-order valence-corrected chi connectivity index (χ2v) is 4.65. The minimum absolute atomic E-state index is 0.254. The van der Waals surface area contributed by atoms with Gasteiger partial charge < -0.3 is 16.2 Å². The Morgan fingerprint density at radius 2 is 1.91 bits per heavy atom. The number of carbonyl (C=O) groups excluding carboxylic acids is 2. The zero-order valence-electron chi connectivity index (χ0n) is 12.6. The number of imide groups is 1. The first-order valence-electron chi connectivity index (χ1n) is 6.57. The molecule has 0 bridgehead atoms. The fraction of sp³-hybridized carbons (Fsp3) is 0.200. The minimum Gasteiger partial charge on any atom is -0.480 e. The van der Waals surface area contributed by atoms with Crippen LogP contribution < -0.4 is 16.0 Å². The molecule has 2 amide bonds. The molecule has 0 radical (unpaired) electrons. The third-order valence-corrected chi connectivity index (χ3v) is 2.87. The highest BCUT2D eigenvalue weighted by molar-refractivity contribution is 6.21. The van der Waals surface area contributed by atoms with Gasteiger partial charge in [-0.25, -0.2) is 4.90 Å². The number of nitriles is 1. The predicted octanol–water partition coefficient (Wildman–Crippen LogP) is 0.618. The molecule has 1 rings (SSSR count). The highest BCUT2D eigenvalue weighted by atomic mass is 16.4. The van der Waals surface area contributed by atoms with Gasteiger partial charge in [0.2, 0.25) is 5.91 Å². The number of carboxylic acid groups (broad SMARTS) is 1. The molecule has 1 aromatic carbocycles. The number of rotatable bonds is 5. The monoisotopic (exact) mass is 316 g/mol. The summed E-state index contributed by atoms with van der Waals surface area (Å²) in [6.45, 7) is 2.53. The average Bonchev–Trinajstić information content (AvgIpc) is 2.49. The summed E-state index contributed by atoms with van der Waals surface area (Å²) in [5.41, 5.74) is 5.87. The van der Waals surface area contributed by atoms with E-state index in [0.29, 0.717) is 5.69 Å². The summed E-state index contributed by atoms with van der Waals surface area (Å²) in [5, 5.41) is 20.3. The van der Waals surface area contributed by atoms with Gasteiger partial charge >= 0.3 is 5.97 Å². The number of carbonyl (C=O) groups is 3. The van der Waals surface area contributed by atoms with E-state index in [1.54, 1.807) is 6.07 Å². The molecule has 0 spiro atoms. The van der Waals surface area contributed by atoms with Crippen LogP contribution in [-0.2, 0) is 14.4 Å². The highest BCUT2D eigenvalue weighted by Gasteiger charge is 2.24. The number of hydrogen-bond acceptors (Lipinski definition) is 6. The molecule has 8 nitrogen and oxygen atoms in total. The fourth-order valence-corrected chi connectivity index (χ4v) is 1.61. The Morgan fingerprint density at radius 1 is 1.35 bits per heavy atom. The van der Waals surface area contributed by atoms with E-state index < -0.39 is 29.4 Å². The van der Waals surface area contributed by atoms with Crippen molar-refractivity contribution in [2.24, 2.45) is 0 Å². The van der Waals surface area contributed by atoms with Gasteiger partial charge in [-0.1, -0.05) is 0 Å². The molecule has 120 valence electrons. The summed E-state index contributed by atoms with van der Waals surface area (Å²) in [7, 11) is 0. The lowest BCUT2D eigenvalue weighted by Gasteiger charge is -2.19. The van der Waals surface area contributed by atoms with E-state index in [1.165, 1.54) is 38.1 Å². The normalized spacial score (nSPS) is 12.0. The van der Waals surface area contributed by atoms with Crippen molar-refractivity contribution in [1.29, 1.82) is 5.26 Å². The van der Waals surface area contributed by atoms with Crippen LogP contribution in [0.2, 0.25) is 0 Å². The summed E-state index contributed by atoms with van der Waals surface area (Å²) >= 11 is 0. The smallest absolute Gasteiger partial charge is 0.325 e. The molecule has 0 fully saturated rings. The first kappa shape index (κ1) is 17.7. The second kappa shape index (κ2) is 7.61. The van der Waals surface area contributed by atoms with Gasteiger partial charge in [0.1, 0.15) is 17.7 Å². The number of anilines is 2. The number of nitrogen functional groups attached to an aromatic ring is 1. The first-order valence-corrected chi connectivity index (χ1v) is 6.57. The number of carboxylic acids is 1. The number of nitrogens with one attached hydrogen (secondary N) is 1. The van der Waals surface area contributed by atoms with Crippen molar-refractivity contribution in [3.8, 4) is 6.07 Å². The number of nitrogens with two attached hydrogens (primary N) is 1. The van der Waals surface area contributed by atoms with Crippen molar-refractivity contribution in [3.05, 3.63) is 36.0 Å². The Bertz CT molecular complexity index is 688. The summed E-state index contributed by atoms with van der Waals surface area (Å²) in [5.74, 6) is -2.60. The van der Waals surface area contributed by atoms with Crippen LogP contribution >= 0.6 is 0 Å². The lowest BCUT2D eigenvalue weighted by Crippen LogP contribution is -2.37. The van der Waals surface area contributed by atoms with E-state index in [4.69, 9.17) is 16.1 Å². The zero-order chi connectivity index (χ0) is 17.6. The maximum atomic E-state index is 12.4. The van der Waals surface area contributed by atoms with E-state index in [0.717, 1.165) is 11.1 Å². The third kappa shape index (κ3) is 4.57. The molecule has 0 aliphatic carbocycles. The topological polar surface area (TPSA) is 137 Å². The number of amides is 2. The van der Waals surface area contributed by atoms with Crippen LogP contribution in [0.3, 0.4) is 0 Å². The molecular weight excluding hydrogens is 300 g/mol. The van der Waals surface area contributed by atoms with E-state index in [1.807, 2.05) is 0 Å². The van der Waals surface area contributed by atoms with E-state index >= 15 is 0 Å². The van der Waals surface area contributed by atoms with E-state index in [9.17, 15) is 14.4 Å². The minimum atomic E-state index is -1.15. The molecule has 0 heterocycles. The van der Waals surface area contributed by atoms with E-state index in [-0.39, 0.29) is 5.69 Å². The van der Waals surface area contributed by atoms with Crippen molar-refractivity contribution >= 4 is 29.2 Å². The third-order valence-electron chi connectivity index (χ3n) is 2.87. The number of aliphatic carboxylic acids is 1. The Kier molecular flexibility index (Phi) is 5.86. The zero-order valence-corrected chi connectivity index (χ0v) is 12.6. The van der Waals surface area contributed by atoms with Gasteiger partial charge in [-0.15, -0.1) is 0 Å². The molecule has 8 heteroatoms. The van der Waals surface area contributed by atoms with Crippen molar-refractivity contribution in [2.45, 2.75) is 19.9 Å². The summed E-state index contributed by atoms with van der Waals surface area (Å²) in [6.07, 6.45) is 0.981. The van der Waals surface area contributed by atoms with Gasteiger partial charge in [-0.2, -0.15) is 5.26 Å². The largest absolute Gasteiger partial charge is 0.480 e. The van der Waals surface area contributed by atoms with Crippen LogP contribution in [0.5, 0.6) is 0 Å². The lowest BCUT2D eigenvalue weighted by atomic mass is 10.2. The van der Waals surface area contributed by atoms with Crippen molar-refractivity contribution < 1.29 is 19.5 Å². The molecule has 1 atom stereocenters. The molecule has 1 unspecified atom stereocenters. The van der Waals surface area contributed by atoms with Crippen LogP contribution in [0.15, 0.2) is 36.0 Å². The Balaban J connectivity index is 3.11. The Hall–Kier alpha value is -3.34. The molecule has 0 saturated heterocycles. The Labute approximate surface area is 132 Å². The summed E-state index contributed by atoms with van der Waals surface area (Å²) < 4.78 is 0. The predicted molar refractivity (Wildman–Crippen MR) is 83.0 cm³/mol. The van der Waals surface area contributed by atoms with Crippen LogP contribution in [0.1, 0.15) is 13.8 Å². The fourth-order valence-electron chi connectivity index (χ4n) is 1.61. The lowest BCUT2D eigenvalue weighted by molar-refractivity contribution is -0.138. The van der Waals surface area contributed by atoms with Gasteiger partial charge in [0.15, 0.2) is 0 Å². The van der Waals surface area contributed by atoms with Crippen LogP contribution in [-0.4, -0.2) is 28.9 Å². The van der Waals surface area contributed by atoms with Crippen molar-refractivity contribution in [3.63, 3.8) is 0 Å². The first-order chi connectivity index (χ1) is 10.8. The standard InChI is InChI=1S/C15H16N4O4/c1-9(15(22)23)18-8-11(7-16)14(21)19(10(2)20)13-5-3-12(17)4-6-13/h3-6,8-9,18H,17H2,1-2H3,(H,22,23)/b11-8-. The van der Waals surface area contributed by atoms with Crippen molar-refractivity contribution in [1.82, 2.24) is 5.32 Å². The molecule has 0 aliphatic rings. The molecule has 23 heavy (non-hydrogen) atoms. The number of nitrogens with zero attached hydrogens (tertiary/aromatic N) is 2. The molecule has 4 N–H and O–H groups in total. The van der Waals surface area contributed by atoms with Gasteiger partial charge in [0.05, 0.1) is 5.69 Å². The van der Waals surface area contributed by atoms with Crippen LogP contribution in [0.25, 0.3) is 0 Å². The quantitative estimate of drug-likeness (QED) is 0.411. The number of hydrogen-bond donors (Lipinski definition) is 3. The molecule has 0 saturated carbocycles. The number of benzene rings is 1.